The summed E-state index contributed by atoms with van der Waals surface area (Å²) in [5.74, 6) is 0. The zero-order chi connectivity index (χ0) is 2.00. The average Bonchev–Trinajstić information content (AvgIpc) is 1.00. The van der Waals surface area contributed by atoms with E-state index in [-0.39, 0.29) is 71.0 Å². The van der Waals surface area contributed by atoms with Crippen molar-refractivity contribution in [2.24, 2.45) is 0 Å². The average molecular weight is 178 g/mol. The van der Waals surface area contributed by atoms with Gasteiger partial charge in [-0.05, 0) is 0 Å². The van der Waals surface area contributed by atoms with E-state index < -0.39 is 0 Å². The van der Waals surface area contributed by atoms with Crippen LogP contribution in [0.3, 0.4) is 0 Å². The van der Waals surface area contributed by atoms with Gasteiger partial charge in [-0.25, -0.2) is 0 Å². The van der Waals surface area contributed by atoms with Crippen molar-refractivity contribution < 1.29 is 37.1 Å². The molecule has 6 heteroatoms. The fraction of sp³-hybridized carbons (Fsp3) is 0. The van der Waals surface area contributed by atoms with Crippen molar-refractivity contribution in [1.29, 1.82) is 0 Å². The van der Waals surface area contributed by atoms with E-state index in [0.29, 0.717) is 16.2 Å². The third-order valence-electron chi connectivity index (χ3n) is 0. The van der Waals surface area contributed by atoms with Crippen LogP contribution >= 0.6 is 0 Å². The Bertz CT molecular complexity index is 13.5. The topological polar surface area (TPSA) is 17.1 Å². The first-order valence-electron chi connectivity index (χ1n) is 0.289. The Kier molecular flexibility index (Phi) is 325. The number of hydrogen-bond acceptors (Lipinski definition) is 1. The van der Waals surface area contributed by atoms with Crippen LogP contribution in [0, 0.1) is 0 Å². The van der Waals surface area contributed by atoms with Gasteiger partial charge in [-0.3, -0.25) is 0 Å². The fourth-order valence-corrected chi connectivity index (χ4v) is 0. The molecule has 0 amide bonds. The normalized spacial score (nSPS) is 0.500. The maximum atomic E-state index is 8.28. The Morgan fingerprint density at radius 1 is 1.00 bits per heavy atom. The SMILES string of the molecule is [Co].[LiH].[LiH].[Ni].[O]=[AlH]. The summed E-state index contributed by atoms with van der Waals surface area (Å²) in [6, 6.07) is 0. The quantitative estimate of drug-likeness (QED) is 0.389. The van der Waals surface area contributed by atoms with E-state index in [1.54, 1.807) is 0 Å². The Morgan fingerprint density at radius 3 is 1.00 bits per heavy atom. The molecule has 0 rings (SSSR count). The molecule has 0 N–H and O–H groups in total. The molecule has 1 nitrogen and oxygen atoms in total. The number of rotatable bonds is 0. The second-order valence-electron chi connectivity index (χ2n) is 0. The second kappa shape index (κ2) is 50.2. The van der Waals surface area contributed by atoms with Crippen LogP contribution in [0.15, 0.2) is 0 Å². The van der Waals surface area contributed by atoms with Crippen LogP contribution in [0.1, 0.15) is 0 Å². The molecule has 0 aromatic heterocycles. The van der Waals surface area contributed by atoms with Gasteiger partial charge in [0.2, 0.25) is 0 Å². The van der Waals surface area contributed by atoms with Crippen LogP contribution in [0.4, 0.5) is 0 Å². The van der Waals surface area contributed by atoms with E-state index in [1.165, 1.54) is 0 Å². The van der Waals surface area contributed by atoms with Crippen LogP contribution in [0.25, 0.3) is 0 Å². The third-order valence-corrected chi connectivity index (χ3v) is 0. The van der Waals surface area contributed by atoms with Crippen molar-refractivity contribution in [3.63, 3.8) is 0 Å². The van der Waals surface area contributed by atoms with Crippen LogP contribution in [0.5, 0.6) is 0 Å². The van der Waals surface area contributed by atoms with E-state index in [2.05, 4.69) is 0 Å². The molecule has 0 saturated heterocycles. The van der Waals surface area contributed by atoms with Gasteiger partial charge >= 0.3 is 57.7 Å². The molecule has 0 unspecified atom stereocenters. The summed E-state index contributed by atoms with van der Waals surface area (Å²) in [6.07, 6.45) is 0. The summed E-state index contributed by atoms with van der Waals surface area (Å²) in [7, 11) is 0. The minimum atomic E-state index is 0. The molecule has 0 heterocycles. The van der Waals surface area contributed by atoms with Gasteiger partial charge in [0, 0.05) is 33.3 Å². The van der Waals surface area contributed by atoms with Gasteiger partial charge in [0.1, 0.15) is 0 Å². The predicted octanol–water partition coefficient (Wildman–Crippen LogP) is -2.07. The fourth-order valence-electron chi connectivity index (χ4n) is 0. The summed E-state index contributed by atoms with van der Waals surface area (Å²) in [5, 5.41) is 0. The van der Waals surface area contributed by atoms with Crippen LogP contribution < -0.4 is 0 Å². The molecule has 0 bridgehead atoms. The number of hydrogen-bond donors (Lipinski definition) is 0. The van der Waals surface area contributed by atoms with Gasteiger partial charge in [0.25, 0.3) is 0 Å². The van der Waals surface area contributed by atoms with Crippen molar-refractivity contribution in [1.82, 2.24) is 0 Å². The molecule has 0 aromatic carbocycles. The second-order valence-corrected chi connectivity index (χ2v) is 0. The summed E-state index contributed by atoms with van der Waals surface area (Å²) in [5.41, 5.74) is 0. The Hall–Kier alpha value is 2.53. The molecule has 0 atom stereocenters. The molecule has 6 heavy (non-hydrogen) atoms. The molecule has 0 aromatic rings. The Balaban J connectivity index is -0.000000000833. The van der Waals surface area contributed by atoms with Crippen LogP contribution in [-0.4, -0.2) is 53.9 Å². The molecule has 33 valence electrons. The standard InChI is InChI=1S/Al.Co.2Li.Ni.O.3H. The van der Waals surface area contributed by atoms with E-state index in [9.17, 15) is 0 Å². The van der Waals surface area contributed by atoms with Crippen molar-refractivity contribution in [3.05, 3.63) is 0 Å². The van der Waals surface area contributed by atoms with Gasteiger partial charge in [0.05, 0.1) is 0 Å². The zero-order valence-electron chi connectivity index (χ0n) is 1.76. The van der Waals surface area contributed by atoms with Crippen molar-refractivity contribution in [3.8, 4) is 0 Å². The molecule has 0 aliphatic heterocycles. The molecule has 0 aliphatic carbocycles. The van der Waals surface area contributed by atoms with Gasteiger partial charge in [-0.2, -0.15) is 0 Å². The van der Waals surface area contributed by atoms with Gasteiger partial charge in [-0.1, -0.05) is 0 Å². The summed E-state index contributed by atoms with van der Waals surface area (Å²) < 4.78 is 8.28. The van der Waals surface area contributed by atoms with E-state index in [4.69, 9.17) is 3.80 Å². The Labute approximate surface area is 89.9 Å². The van der Waals surface area contributed by atoms with E-state index >= 15 is 0 Å². The van der Waals surface area contributed by atoms with E-state index in [0.717, 1.165) is 0 Å². The Morgan fingerprint density at radius 2 is 1.00 bits per heavy atom. The molecule has 0 spiro atoms. The first kappa shape index (κ1) is 38.8. The molecule has 0 aliphatic rings. The van der Waals surface area contributed by atoms with Crippen molar-refractivity contribution >= 4 is 53.9 Å². The minimum absolute atomic E-state index is 0. The molecule has 0 saturated carbocycles. The van der Waals surface area contributed by atoms with Gasteiger partial charge in [0.15, 0.2) is 0 Å². The molecule has 1 radical (unpaired) electrons. The molecular formula is H3AlCoLi2NiO. The summed E-state index contributed by atoms with van der Waals surface area (Å²) >= 11 is 0.611. The predicted molar refractivity (Wildman–Crippen MR) is 22.1 cm³/mol. The van der Waals surface area contributed by atoms with Crippen LogP contribution in [0.2, 0.25) is 0 Å². The van der Waals surface area contributed by atoms with Gasteiger partial charge in [-0.15, -0.1) is 0 Å². The summed E-state index contributed by atoms with van der Waals surface area (Å²) in [4.78, 5) is 0. The molecule has 0 fully saturated rings. The van der Waals surface area contributed by atoms with Crippen molar-refractivity contribution in [2.45, 2.75) is 0 Å². The van der Waals surface area contributed by atoms with Crippen molar-refractivity contribution in [2.75, 3.05) is 0 Å². The first-order chi connectivity index (χ1) is 1.00. The van der Waals surface area contributed by atoms with Crippen LogP contribution in [-0.2, 0) is 37.1 Å². The first-order valence-corrected chi connectivity index (χ1v) is 0.866. The molecular weight excluding hydrogens is 174 g/mol. The van der Waals surface area contributed by atoms with Gasteiger partial charge < -0.3 is 0 Å². The third kappa shape index (κ3) is 31.2. The zero-order valence-corrected chi connectivity index (χ0v) is 5.21. The monoisotopic (exact) mass is 177 g/mol. The maximum absolute atomic E-state index is 8.28. The summed E-state index contributed by atoms with van der Waals surface area (Å²) in [6.45, 7) is 0. The van der Waals surface area contributed by atoms with E-state index in [1.807, 2.05) is 0 Å².